The first kappa shape index (κ1) is 18.2. The third-order valence-corrected chi connectivity index (χ3v) is 5.06. The number of anilines is 2. The number of aryl methyl sites for hydroxylation is 2. The number of amides is 3. The van der Waals surface area contributed by atoms with Crippen molar-refractivity contribution in [1.82, 2.24) is 5.32 Å². The zero-order chi connectivity index (χ0) is 19.7. The van der Waals surface area contributed by atoms with Gasteiger partial charge < -0.3 is 25.0 Å². The predicted molar refractivity (Wildman–Crippen MR) is 106 cm³/mol. The van der Waals surface area contributed by atoms with Crippen molar-refractivity contribution >= 4 is 23.3 Å². The maximum absolute atomic E-state index is 12.4. The molecule has 1 fully saturated rings. The Morgan fingerprint density at radius 3 is 2.61 bits per heavy atom. The molecule has 2 aliphatic heterocycles. The lowest BCUT2D eigenvalue weighted by Gasteiger charge is -2.20. The Bertz CT molecular complexity index is 928. The van der Waals surface area contributed by atoms with Gasteiger partial charge in [0.1, 0.15) is 13.2 Å². The lowest BCUT2D eigenvalue weighted by Crippen LogP contribution is -2.39. The van der Waals surface area contributed by atoms with Crippen molar-refractivity contribution < 1.29 is 19.1 Å². The van der Waals surface area contributed by atoms with Gasteiger partial charge in [-0.3, -0.25) is 4.79 Å². The zero-order valence-electron chi connectivity index (χ0n) is 16.0. The Kier molecular flexibility index (Phi) is 4.81. The molecule has 0 bridgehead atoms. The molecular formula is C21H23N3O4. The van der Waals surface area contributed by atoms with Gasteiger partial charge in [0.05, 0.1) is 6.04 Å². The normalized spacial score (nSPS) is 18.1. The largest absolute Gasteiger partial charge is 0.486 e. The van der Waals surface area contributed by atoms with E-state index >= 15 is 0 Å². The first-order valence-electron chi connectivity index (χ1n) is 9.34. The number of nitrogens with one attached hydrogen (secondary N) is 2. The maximum Gasteiger partial charge on any atom is 0.319 e. The molecular weight excluding hydrogens is 358 g/mol. The van der Waals surface area contributed by atoms with E-state index in [1.165, 1.54) is 5.56 Å². The second kappa shape index (κ2) is 7.42. The van der Waals surface area contributed by atoms with Gasteiger partial charge in [-0.1, -0.05) is 6.07 Å². The highest BCUT2D eigenvalue weighted by Crippen LogP contribution is 2.32. The van der Waals surface area contributed by atoms with Crippen molar-refractivity contribution in [1.29, 1.82) is 0 Å². The summed E-state index contributed by atoms with van der Waals surface area (Å²) >= 11 is 0. The highest BCUT2D eigenvalue weighted by Gasteiger charge is 2.31. The summed E-state index contributed by atoms with van der Waals surface area (Å²) in [5.41, 5.74) is 3.80. The molecule has 146 valence electrons. The Labute approximate surface area is 163 Å². The van der Waals surface area contributed by atoms with E-state index in [4.69, 9.17) is 9.47 Å². The van der Waals surface area contributed by atoms with Crippen LogP contribution in [0.5, 0.6) is 11.5 Å². The van der Waals surface area contributed by atoms with Gasteiger partial charge in [-0.15, -0.1) is 0 Å². The topological polar surface area (TPSA) is 79.9 Å². The van der Waals surface area contributed by atoms with Gasteiger partial charge in [0.2, 0.25) is 5.91 Å². The zero-order valence-corrected chi connectivity index (χ0v) is 16.0. The average Bonchev–Trinajstić information content (AvgIpc) is 3.03. The molecule has 3 amide bonds. The Hall–Kier alpha value is -3.22. The molecule has 2 aliphatic rings. The van der Waals surface area contributed by atoms with Gasteiger partial charge >= 0.3 is 6.03 Å². The number of fused-ring (bicyclic) bond motifs is 1. The van der Waals surface area contributed by atoms with Crippen molar-refractivity contribution in [2.45, 2.75) is 26.3 Å². The smallest absolute Gasteiger partial charge is 0.319 e. The van der Waals surface area contributed by atoms with Gasteiger partial charge in [-0.25, -0.2) is 4.79 Å². The van der Waals surface area contributed by atoms with Crippen LogP contribution < -0.4 is 25.0 Å². The van der Waals surface area contributed by atoms with Crippen LogP contribution in [0.4, 0.5) is 16.2 Å². The van der Waals surface area contributed by atoms with Crippen LogP contribution in [-0.2, 0) is 4.79 Å². The van der Waals surface area contributed by atoms with Gasteiger partial charge in [0.25, 0.3) is 0 Å². The van der Waals surface area contributed by atoms with Crippen molar-refractivity contribution in [3.8, 4) is 11.5 Å². The summed E-state index contributed by atoms with van der Waals surface area (Å²) in [6, 6.07) is 10.6. The molecule has 28 heavy (non-hydrogen) atoms. The van der Waals surface area contributed by atoms with Crippen LogP contribution >= 0.6 is 0 Å². The minimum atomic E-state index is -0.351. The summed E-state index contributed by atoms with van der Waals surface area (Å²) in [7, 11) is 0. The van der Waals surface area contributed by atoms with Crippen molar-refractivity contribution in [3.05, 3.63) is 47.5 Å². The molecule has 0 aromatic heterocycles. The highest BCUT2D eigenvalue weighted by atomic mass is 16.6. The fourth-order valence-electron chi connectivity index (χ4n) is 3.42. The minimum absolute atomic E-state index is 0.00730. The molecule has 1 saturated heterocycles. The molecule has 4 rings (SSSR count). The summed E-state index contributed by atoms with van der Waals surface area (Å²) in [5.74, 6) is 1.29. The summed E-state index contributed by atoms with van der Waals surface area (Å²) in [5, 5.41) is 5.67. The number of urea groups is 1. The third kappa shape index (κ3) is 3.74. The third-order valence-electron chi connectivity index (χ3n) is 5.06. The Morgan fingerprint density at radius 1 is 1.04 bits per heavy atom. The molecule has 0 aliphatic carbocycles. The fraction of sp³-hybridized carbons (Fsp3) is 0.333. The van der Waals surface area contributed by atoms with E-state index in [0.717, 1.165) is 11.3 Å². The van der Waals surface area contributed by atoms with E-state index < -0.39 is 0 Å². The lowest BCUT2D eigenvalue weighted by atomic mass is 10.1. The first-order chi connectivity index (χ1) is 13.5. The summed E-state index contributed by atoms with van der Waals surface area (Å²) in [6.07, 6.45) is 0.279. The number of rotatable bonds is 3. The van der Waals surface area contributed by atoms with Crippen molar-refractivity contribution in [2.75, 3.05) is 30.0 Å². The maximum atomic E-state index is 12.4. The molecule has 1 atom stereocenters. The lowest BCUT2D eigenvalue weighted by molar-refractivity contribution is -0.117. The van der Waals surface area contributed by atoms with E-state index in [0.29, 0.717) is 36.9 Å². The van der Waals surface area contributed by atoms with Gasteiger partial charge in [-0.05, 0) is 49.2 Å². The van der Waals surface area contributed by atoms with Crippen LogP contribution in [0.15, 0.2) is 36.4 Å². The fourth-order valence-corrected chi connectivity index (χ4v) is 3.42. The van der Waals surface area contributed by atoms with E-state index in [1.54, 1.807) is 23.1 Å². The van der Waals surface area contributed by atoms with Crippen molar-refractivity contribution in [2.24, 2.45) is 0 Å². The number of carbonyl (C=O) groups excluding carboxylic acids is 2. The van der Waals surface area contributed by atoms with E-state index in [1.807, 2.05) is 32.0 Å². The van der Waals surface area contributed by atoms with Crippen LogP contribution in [-0.4, -0.2) is 37.7 Å². The number of nitrogens with zero attached hydrogens (tertiary/aromatic N) is 1. The molecule has 2 N–H and O–H groups in total. The molecule has 2 aromatic rings. The van der Waals surface area contributed by atoms with E-state index in [-0.39, 0.29) is 24.4 Å². The molecule has 2 heterocycles. The first-order valence-corrected chi connectivity index (χ1v) is 9.34. The quantitative estimate of drug-likeness (QED) is 0.857. The van der Waals surface area contributed by atoms with Crippen LogP contribution in [0.25, 0.3) is 0 Å². The number of carbonyl (C=O) groups is 2. The predicted octanol–water partition coefficient (Wildman–Crippen LogP) is 3.00. The van der Waals surface area contributed by atoms with Crippen molar-refractivity contribution in [3.63, 3.8) is 0 Å². The minimum Gasteiger partial charge on any atom is -0.486 e. The standard InChI is InChI=1S/C21H23N3O4/c1-13-3-5-17(9-14(13)2)24-12-16(11-20(24)25)23-21(26)22-15-4-6-18-19(10-15)28-8-7-27-18/h3-6,9-10,16H,7-8,11-12H2,1-2H3,(H2,22,23,26)/t16-/m1/s1. The molecule has 0 radical (unpaired) electrons. The number of hydrogen-bond acceptors (Lipinski definition) is 4. The molecule has 0 saturated carbocycles. The average molecular weight is 381 g/mol. The highest BCUT2D eigenvalue weighted by molar-refractivity contribution is 5.97. The van der Waals surface area contributed by atoms with Gasteiger partial charge in [-0.2, -0.15) is 0 Å². The number of hydrogen-bond donors (Lipinski definition) is 2. The monoisotopic (exact) mass is 381 g/mol. The van der Waals surface area contributed by atoms with E-state index in [2.05, 4.69) is 10.6 Å². The van der Waals surface area contributed by atoms with Gasteiger partial charge in [0, 0.05) is 30.4 Å². The van der Waals surface area contributed by atoms with E-state index in [9.17, 15) is 9.59 Å². The molecule has 0 unspecified atom stereocenters. The Morgan fingerprint density at radius 2 is 1.82 bits per heavy atom. The second-order valence-electron chi connectivity index (χ2n) is 7.13. The second-order valence-corrected chi connectivity index (χ2v) is 7.13. The summed E-state index contributed by atoms with van der Waals surface area (Å²) in [4.78, 5) is 26.5. The summed E-state index contributed by atoms with van der Waals surface area (Å²) in [6.45, 7) is 5.53. The molecule has 7 heteroatoms. The van der Waals surface area contributed by atoms with Crippen LogP contribution in [0.2, 0.25) is 0 Å². The molecule has 0 spiro atoms. The molecule has 2 aromatic carbocycles. The van der Waals surface area contributed by atoms with Gasteiger partial charge in [0.15, 0.2) is 11.5 Å². The Balaban J connectivity index is 1.37. The summed E-state index contributed by atoms with van der Waals surface area (Å²) < 4.78 is 11.0. The van der Waals surface area contributed by atoms with Crippen LogP contribution in [0, 0.1) is 13.8 Å². The SMILES string of the molecule is Cc1ccc(N2C[C@H](NC(=O)Nc3ccc4c(c3)OCCO4)CC2=O)cc1C. The number of ether oxygens (including phenoxy) is 2. The number of benzene rings is 2. The van der Waals surface area contributed by atoms with Crippen LogP contribution in [0.1, 0.15) is 17.5 Å². The molecule has 7 nitrogen and oxygen atoms in total. The van der Waals surface area contributed by atoms with Crippen LogP contribution in [0.3, 0.4) is 0 Å².